The van der Waals surface area contributed by atoms with Crippen LogP contribution in [0.25, 0.3) is 22.2 Å². The first-order valence-electron chi connectivity index (χ1n) is 5.53. The molecule has 0 unspecified atom stereocenters. The van der Waals surface area contributed by atoms with Crippen molar-refractivity contribution in [3.8, 4) is 5.75 Å². The van der Waals surface area contributed by atoms with Crippen LogP contribution in [0.2, 0.25) is 0 Å². The highest BCUT2D eigenvalue weighted by atomic mass is 32.2. The zero-order valence-corrected chi connectivity index (χ0v) is 11.3. The summed E-state index contributed by atoms with van der Waals surface area (Å²) in [6, 6.07) is 2.84. The lowest BCUT2D eigenvalue weighted by Crippen LogP contribution is -2.08. The highest BCUT2D eigenvalue weighted by Gasteiger charge is 2.16. The molecule has 2 aromatic heterocycles. The van der Waals surface area contributed by atoms with Crippen LogP contribution >= 0.6 is 0 Å². The van der Waals surface area contributed by atoms with Gasteiger partial charge < -0.3 is 8.60 Å². The lowest BCUT2D eigenvalue weighted by Gasteiger charge is -2.07. The summed E-state index contributed by atoms with van der Waals surface area (Å²) in [5, 5.41) is 10.0. The summed E-state index contributed by atoms with van der Waals surface area (Å²) < 4.78 is 32.7. The number of fused-ring (bicyclic) bond motifs is 2. The van der Waals surface area contributed by atoms with Gasteiger partial charge in [-0.3, -0.25) is 4.79 Å². The van der Waals surface area contributed by atoms with E-state index in [4.69, 9.17) is 8.60 Å². The van der Waals surface area contributed by atoms with Crippen LogP contribution in [0, 0.1) is 6.92 Å². The van der Waals surface area contributed by atoms with Gasteiger partial charge >= 0.3 is 10.1 Å². The molecule has 3 rings (SSSR count). The van der Waals surface area contributed by atoms with Crippen LogP contribution in [0.4, 0.5) is 0 Å². The molecule has 0 aliphatic heterocycles. The van der Waals surface area contributed by atoms with Crippen molar-refractivity contribution in [2.24, 2.45) is 0 Å². The van der Waals surface area contributed by atoms with Gasteiger partial charge in [-0.05, 0) is 19.1 Å². The van der Waals surface area contributed by atoms with Crippen LogP contribution in [0.3, 0.4) is 0 Å². The van der Waals surface area contributed by atoms with E-state index in [9.17, 15) is 13.2 Å². The highest BCUT2D eigenvalue weighted by Crippen LogP contribution is 2.28. The Labute approximate surface area is 112 Å². The lowest BCUT2D eigenvalue weighted by molar-refractivity contribution is 0.490. The number of nitrogens with zero attached hydrogens (tertiary/aromatic N) is 2. The van der Waals surface area contributed by atoms with Crippen molar-refractivity contribution in [2.75, 3.05) is 6.26 Å². The van der Waals surface area contributed by atoms with Crippen LogP contribution in [-0.2, 0) is 10.1 Å². The van der Waals surface area contributed by atoms with E-state index in [0.29, 0.717) is 5.56 Å². The van der Waals surface area contributed by atoms with Gasteiger partial charge in [-0.15, -0.1) is 10.2 Å². The third-order valence-corrected chi connectivity index (χ3v) is 3.25. The zero-order chi connectivity index (χ0) is 14.5. The number of rotatable bonds is 2. The molecule has 0 amide bonds. The van der Waals surface area contributed by atoms with Crippen molar-refractivity contribution in [1.29, 1.82) is 0 Å². The van der Waals surface area contributed by atoms with Gasteiger partial charge in [-0.25, -0.2) is 0 Å². The average molecular weight is 295 g/mol. The highest BCUT2D eigenvalue weighted by molar-refractivity contribution is 7.86. The predicted octanol–water partition coefficient (Wildman–Crippen LogP) is 0.711. The zero-order valence-electron chi connectivity index (χ0n) is 10.5. The molecule has 0 fully saturated rings. The van der Waals surface area contributed by atoms with E-state index in [1.54, 1.807) is 6.92 Å². The molecule has 104 valence electrons. The summed E-state index contributed by atoms with van der Waals surface area (Å²) in [5.74, 6) is 0.103. The number of hydrogen-bond acceptors (Lipinski definition) is 7. The fourth-order valence-electron chi connectivity index (χ4n) is 1.90. The Hall–Kier alpha value is -2.42. The first-order chi connectivity index (χ1) is 9.37. The smallest absolute Gasteiger partial charge is 0.306 e. The number of aromatic amines is 1. The number of benzene rings is 1. The summed E-state index contributed by atoms with van der Waals surface area (Å²) >= 11 is 0. The molecule has 3 aromatic rings. The van der Waals surface area contributed by atoms with Gasteiger partial charge in [0, 0.05) is 5.56 Å². The third-order valence-electron chi connectivity index (χ3n) is 2.77. The van der Waals surface area contributed by atoms with Crippen molar-refractivity contribution >= 4 is 32.3 Å². The van der Waals surface area contributed by atoms with Crippen molar-refractivity contribution in [2.45, 2.75) is 6.92 Å². The summed E-state index contributed by atoms with van der Waals surface area (Å²) in [6.45, 7) is 1.59. The van der Waals surface area contributed by atoms with Crippen LogP contribution in [0.15, 0.2) is 21.3 Å². The Kier molecular flexibility index (Phi) is 2.54. The molecule has 1 N–H and O–H groups in total. The summed E-state index contributed by atoms with van der Waals surface area (Å²) in [7, 11) is -3.66. The van der Waals surface area contributed by atoms with E-state index in [2.05, 4.69) is 15.4 Å². The van der Waals surface area contributed by atoms with Gasteiger partial charge in [0.25, 0.3) is 5.71 Å². The minimum atomic E-state index is -3.66. The second-order valence-corrected chi connectivity index (χ2v) is 5.84. The number of hydrogen-bond donors (Lipinski definition) is 1. The van der Waals surface area contributed by atoms with Gasteiger partial charge in [0.2, 0.25) is 5.43 Å². The maximum atomic E-state index is 12.2. The maximum Gasteiger partial charge on any atom is 0.306 e. The van der Waals surface area contributed by atoms with Crippen LogP contribution in [0.5, 0.6) is 5.75 Å². The first-order valence-corrected chi connectivity index (χ1v) is 7.35. The molecule has 0 bridgehead atoms. The number of H-pyrrole nitrogens is 1. The van der Waals surface area contributed by atoms with E-state index in [1.165, 1.54) is 12.1 Å². The Bertz CT molecular complexity index is 986. The number of aryl methyl sites for hydroxylation is 1. The fourth-order valence-corrected chi connectivity index (χ4v) is 2.41. The molecule has 2 heterocycles. The van der Waals surface area contributed by atoms with Crippen molar-refractivity contribution in [3.05, 3.63) is 27.9 Å². The molecule has 0 spiro atoms. The van der Waals surface area contributed by atoms with Crippen molar-refractivity contribution < 1.29 is 17.0 Å². The quantitative estimate of drug-likeness (QED) is 0.692. The van der Waals surface area contributed by atoms with Gasteiger partial charge in [0.05, 0.1) is 11.6 Å². The average Bonchev–Trinajstić information content (AvgIpc) is 2.81. The molecule has 0 saturated heterocycles. The Morgan fingerprint density at radius 3 is 2.75 bits per heavy atom. The lowest BCUT2D eigenvalue weighted by atomic mass is 10.1. The standard InChI is InChI=1S/C11H9N3O5S/c1-5-7(19-20(2,16)17)4-3-6-9(15)8-11(13-14-12-8)18-10(5)6/h3-4H,1-2H3,(H,12,13,14). The predicted molar refractivity (Wildman–Crippen MR) is 70.1 cm³/mol. The SMILES string of the molecule is Cc1c(OS(C)(=O)=O)ccc2c(=O)c3n[nH]nc3oc12. The van der Waals surface area contributed by atoms with Crippen LogP contribution < -0.4 is 9.61 Å². The Balaban J connectivity index is 2.37. The first kappa shape index (κ1) is 12.6. The molecule has 9 heteroatoms. The minimum absolute atomic E-state index is 0.0575. The van der Waals surface area contributed by atoms with Crippen LogP contribution in [-0.4, -0.2) is 30.1 Å². The topological polar surface area (TPSA) is 115 Å². The summed E-state index contributed by atoms with van der Waals surface area (Å²) in [6.07, 6.45) is 0.938. The molecule has 0 saturated carbocycles. The molecule has 8 nitrogen and oxygen atoms in total. The maximum absolute atomic E-state index is 12.2. The largest absolute Gasteiger partial charge is 0.435 e. The van der Waals surface area contributed by atoms with E-state index in [-0.39, 0.29) is 33.4 Å². The van der Waals surface area contributed by atoms with Gasteiger partial charge in [0.1, 0.15) is 11.3 Å². The molecule has 1 aromatic carbocycles. The van der Waals surface area contributed by atoms with Gasteiger partial charge in [-0.2, -0.15) is 13.6 Å². The molecular weight excluding hydrogens is 286 g/mol. The number of aromatic nitrogens is 3. The second-order valence-electron chi connectivity index (χ2n) is 4.26. The second kappa shape index (κ2) is 4.04. The van der Waals surface area contributed by atoms with E-state index in [0.717, 1.165) is 6.26 Å². The molecule has 20 heavy (non-hydrogen) atoms. The van der Waals surface area contributed by atoms with Crippen molar-refractivity contribution in [1.82, 2.24) is 15.4 Å². The molecule has 0 aliphatic carbocycles. The van der Waals surface area contributed by atoms with E-state index in [1.807, 2.05) is 0 Å². The Morgan fingerprint density at radius 2 is 2.05 bits per heavy atom. The van der Waals surface area contributed by atoms with E-state index >= 15 is 0 Å². The molecule has 0 atom stereocenters. The normalized spacial score (nSPS) is 12.1. The molecule has 0 aliphatic rings. The van der Waals surface area contributed by atoms with Crippen molar-refractivity contribution in [3.63, 3.8) is 0 Å². The summed E-state index contributed by atoms with van der Waals surface area (Å²) in [5.41, 5.74) is 0.423. The summed E-state index contributed by atoms with van der Waals surface area (Å²) in [4.78, 5) is 12.2. The van der Waals surface area contributed by atoms with Gasteiger partial charge in [-0.1, -0.05) is 0 Å². The molecular formula is C11H9N3O5S. The minimum Gasteiger partial charge on any atom is -0.435 e. The monoisotopic (exact) mass is 295 g/mol. The number of nitrogens with one attached hydrogen (secondary N) is 1. The fraction of sp³-hybridized carbons (Fsp3) is 0.182. The van der Waals surface area contributed by atoms with Gasteiger partial charge in [0.15, 0.2) is 5.52 Å². The molecule has 0 radical (unpaired) electrons. The third kappa shape index (κ3) is 1.92. The Morgan fingerprint density at radius 1 is 1.30 bits per heavy atom. The van der Waals surface area contributed by atoms with E-state index < -0.39 is 10.1 Å². The van der Waals surface area contributed by atoms with Crippen LogP contribution in [0.1, 0.15) is 5.56 Å².